The number of amides is 1. The van der Waals surface area contributed by atoms with Gasteiger partial charge < -0.3 is 19.7 Å². The summed E-state index contributed by atoms with van der Waals surface area (Å²) in [4.78, 5) is 14.1. The van der Waals surface area contributed by atoms with Crippen LogP contribution in [0.3, 0.4) is 0 Å². The second kappa shape index (κ2) is 10.3. The van der Waals surface area contributed by atoms with Crippen LogP contribution in [0.15, 0.2) is 47.4 Å². The lowest BCUT2D eigenvalue weighted by Gasteiger charge is -2.25. The number of carbonyl (C=O) groups excluding carboxylic acids is 1. The molecular formula is C20H26FN3O5S. The lowest BCUT2D eigenvalue weighted by atomic mass is 10.3. The summed E-state index contributed by atoms with van der Waals surface area (Å²) in [6, 6.07) is 9.40. The quantitative estimate of drug-likeness (QED) is 0.607. The normalized spacial score (nSPS) is 11.3. The number of hydrogen-bond acceptors (Lipinski definition) is 6. The molecule has 164 valence electrons. The van der Waals surface area contributed by atoms with Crippen molar-refractivity contribution in [3.63, 3.8) is 0 Å². The van der Waals surface area contributed by atoms with E-state index in [0.29, 0.717) is 18.8 Å². The van der Waals surface area contributed by atoms with Crippen LogP contribution in [0.1, 0.15) is 0 Å². The van der Waals surface area contributed by atoms with E-state index >= 15 is 0 Å². The van der Waals surface area contributed by atoms with Crippen molar-refractivity contribution in [3.05, 3.63) is 48.3 Å². The Hall–Kier alpha value is -2.85. The number of nitrogens with one attached hydrogen (secondary N) is 1. The average Bonchev–Trinajstić information content (AvgIpc) is 2.71. The molecule has 8 nitrogen and oxygen atoms in total. The van der Waals surface area contributed by atoms with E-state index in [2.05, 4.69) is 5.32 Å². The Morgan fingerprint density at radius 3 is 2.33 bits per heavy atom. The van der Waals surface area contributed by atoms with Gasteiger partial charge >= 0.3 is 0 Å². The van der Waals surface area contributed by atoms with Gasteiger partial charge in [-0.15, -0.1) is 0 Å². The maximum absolute atomic E-state index is 14.5. The molecule has 10 heteroatoms. The average molecular weight is 440 g/mol. The van der Waals surface area contributed by atoms with Gasteiger partial charge in [0.2, 0.25) is 5.91 Å². The van der Waals surface area contributed by atoms with Crippen LogP contribution >= 0.6 is 0 Å². The molecule has 0 heterocycles. The number of para-hydroxylation sites is 1. The van der Waals surface area contributed by atoms with E-state index in [1.165, 1.54) is 50.6 Å². The summed E-state index contributed by atoms with van der Waals surface area (Å²) >= 11 is 0. The summed E-state index contributed by atoms with van der Waals surface area (Å²) in [5, 5.41) is 2.64. The van der Waals surface area contributed by atoms with Crippen LogP contribution in [0.25, 0.3) is 0 Å². The predicted octanol–water partition coefficient (Wildman–Crippen LogP) is 1.72. The summed E-state index contributed by atoms with van der Waals surface area (Å²) in [6.45, 7) is 0.326. The van der Waals surface area contributed by atoms with Gasteiger partial charge in [0.25, 0.3) is 10.0 Å². The van der Waals surface area contributed by atoms with E-state index in [9.17, 15) is 17.6 Å². The van der Waals surface area contributed by atoms with Crippen LogP contribution in [-0.4, -0.2) is 67.2 Å². The van der Waals surface area contributed by atoms with Crippen molar-refractivity contribution in [2.75, 3.05) is 52.3 Å². The molecule has 0 fully saturated rings. The third-order valence-corrected chi connectivity index (χ3v) is 5.99. The fourth-order valence-electron chi connectivity index (χ4n) is 2.66. The number of halogens is 1. The van der Waals surface area contributed by atoms with Crippen molar-refractivity contribution >= 4 is 21.6 Å². The van der Waals surface area contributed by atoms with Gasteiger partial charge in [0.05, 0.1) is 24.8 Å². The molecule has 0 saturated heterocycles. The van der Waals surface area contributed by atoms with E-state index in [1.54, 1.807) is 0 Å². The van der Waals surface area contributed by atoms with Crippen molar-refractivity contribution in [3.8, 4) is 11.5 Å². The molecule has 0 aliphatic carbocycles. The summed E-state index contributed by atoms with van der Waals surface area (Å²) < 4.78 is 52.2. The number of carbonyl (C=O) groups is 1. The summed E-state index contributed by atoms with van der Waals surface area (Å²) in [7, 11) is 2.21. The molecule has 2 aromatic rings. The zero-order valence-corrected chi connectivity index (χ0v) is 18.2. The van der Waals surface area contributed by atoms with E-state index in [0.717, 1.165) is 10.4 Å². The molecule has 30 heavy (non-hydrogen) atoms. The third-order valence-electron chi connectivity index (χ3n) is 4.23. The molecule has 0 aliphatic heterocycles. The van der Waals surface area contributed by atoms with Crippen molar-refractivity contribution < 1.29 is 27.1 Å². The van der Waals surface area contributed by atoms with E-state index in [1.807, 2.05) is 19.0 Å². The van der Waals surface area contributed by atoms with Crippen LogP contribution in [0.5, 0.6) is 11.5 Å². The molecule has 1 N–H and O–H groups in total. The number of anilines is 1. The number of ether oxygens (including phenoxy) is 2. The first kappa shape index (κ1) is 23.4. The zero-order valence-electron chi connectivity index (χ0n) is 17.4. The molecule has 0 atom stereocenters. The van der Waals surface area contributed by atoms with Crippen molar-refractivity contribution in [1.29, 1.82) is 0 Å². The predicted molar refractivity (Wildman–Crippen MR) is 112 cm³/mol. The highest BCUT2D eigenvalue weighted by atomic mass is 32.2. The molecular weight excluding hydrogens is 413 g/mol. The number of hydrogen-bond donors (Lipinski definition) is 1. The van der Waals surface area contributed by atoms with Gasteiger partial charge in [0.1, 0.15) is 12.4 Å². The van der Waals surface area contributed by atoms with Gasteiger partial charge in [-0.1, -0.05) is 12.1 Å². The summed E-state index contributed by atoms with van der Waals surface area (Å²) in [6.07, 6.45) is 0. The number of nitrogens with zero attached hydrogens (tertiary/aromatic N) is 2. The highest BCUT2D eigenvalue weighted by Gasteiger charge is 2.30. The first-order valence-corrected chi connectivity index (χ1v) is 10.6. The Kier molecular flexibility index (Phi) is 8.01. The van der Waals surface area contributed by atoms with Crippen LogP contribution in [-0.2, 0) is 14.8 Å². The smallest absolute Gasteiger partial charge is 0.265 e. The number of sulfonamides is 1. The number of benzene rings is 2. The summed E-state index contributed by atoms with van der Waals surface area (Å²) in [5.41, 5.74) is -0.227. The van der Waals surface area contributed by atoms with Crippen molar-refractivity contribution in [1.82, 2.24) is 10.2 Å². The number of methoxy groups -OCH3 is 2. The van der Waals surface area contributed by atoms with Gasteiger partial charge in [0.15, 0.2) is 11.5 Å². The number of rotatable bonds is 10. The van der Waals surface area contributed by atoms with Crippen LogP contribution in [0.2, 0.25) is 0 Å². The molecule has 0 aliphatic rings. The largest absolute Gasteiger partial charge is 0.493 e. The Labute approximate surface area is 176 Å². The second-order valence-corrected chi connectivity index (χ2v) is 8.50. The minimum absolute atomic E-state index is 0.163. The third kappa shape index (κ3) is 5.61. The van der Waals surface area contributed by atoms with Crippen LogP contribution < -0.4 is 19.1 Å². The molecule has 2 rings (SSSR count). The summed E-state index contributed by atoms with van der Waals surface area (Å²) in [5.74, 6) is -0.774. The lowest BCUT2D eigenvalue weighted by molar-refractivity contribution is -0.119. The first-order valence-electron chi connectivity index (χ1n) is 9.11. The zero-order chi connectivity index (χ0) is 22.3. The Morgan fingerprint density at radius 1 is 1.07 bits per heavy atom. The minimum atomic E-state index is -4.28. The van der Waals surface area contributed by atoms with Gasteiger partial charge in [-0.25, -0.2) is 12.8 Å². The van der Waals surface area contributed by atoms with Gasteiger partial charge in [-0.05, 0) is 38.4 Å². The van der Waals surface area contributed by atoms with Crippen molar-refractivity contribution in [2.45, 2.75) is 4.90 Å². The van der Waals surface area contributed by atoms with E-state index in [4.69, 9.17) is 9.47 Å². The molecule has 0 saturated carbocycles. The van der Waals surface area contributed by atoms with Crippen molar-refractivity contribution in [2.24, 2.45) is 0 Å². The molecule has 0 bridgehead atoms. The topological polar surface area (TPSA) is 88.2 Å². The Bertz CT molecular complexity index is 982. The SMILES string of the molecule is COc1ccc(S(=O)(=O)N(CC(=O)NCCN(C)C)c2ccccc2F)cc1OC. The van der Waals surface area contributed by atoms with Gasteiger partial charge in [-0.2, -0.15) is 0 Å². The highest BCUT2D eigenvalue weighted by Crippen LogP contribution is 2.32. The van der Waals surface area contributed by atoms with E-state index < -0.39 is 28.3 Å². The van der Waals surface area contributed by atoms with Crippen LogP contribution in [0.4, 0.5) is 10.1 Å². The fraction of sp³-hybridized carbons (Fsp3) is 0.350. The molecule has 0 spiro atoms. The monoisotopic (exact) mass is 439 g/mol. The maximum Gasteiger partial charge on any atom is 0.265 e. The van der Waals surface area contributed by atoms with E-state index in [-0.39, 0.29) is 16.3 Å². The number of likely N-dealkylation sites (N-methyl/N-ethyl adjacent to an activating group) is 1. The standard InChI is InChI=1S/C20H26FN3O5S/c1-23(2)12-11-22-20(25)14-24(17-8-6-5-7-16(17)21)30(26,27)15-9-10-18(28-3)19(13-15)29-4/h5-10,13H,11-12,14H2,1-4H3,(H,22,25). The second-order valence-electron chi connectivity index (χ2n) is 6.63. The fourth-order valence-corrected chi connectivity index (χ4v) is 4.11. The molecule has 2 aromatic carbocycles. The lowest BCUT2D eigenvalue weighted by Crippen LogP contribution is -2.42. The molecule has 0 radical (unpaired) electrons. The highest BCUT2D eigenvalue weighted by molar-refractivity contribution is 7.92. The maximum atomic E-state index is 14.5. The van der Waals surface area contributed by atoms with Gasteiger partial charge in [-0.3, -0.25) is 9.10 Å². The first-order chi connectivity index (χ1) is 14.2. The van der Waals surface area contributed by atoms with Crippen LogP contribution in [0, 0.1) is 5.82 Å². The Morgan fingerprint density at radius 2 is 1.73 bits per heavy atom. The van der Waals surface area contributed by atoms with Gasteiger partial charge in [0, 0.05) is 19.2 Å². The molecule has 1 amide bonds. The molecule has 0 unspecified atom stereocenters. The minimum Gasteiger partial charge on any atom is -0.493 e. The Balaban J connectivity index is 2.43. The molecule has 0 aromatic heterocycles.